The van der Waals surface area contributed by atoms with Crippen molar-refractivity contribution in [1.29, 1.82) is 0 Å². The van der Waals surface area contributed by atoms with Gasteiger partial charge in [0, 0.05) is 5.92 Å². The van der Waals surface area contributed by atoms with Crippen LogP contribution in [0.5, 0.6) is 0 Å². The number of hydrogen-bond acceptors (Lipinski definition) is 4. The number of carbonyl (C=O) groups is 2. The van der Waals surface area contributed by atoms with Gasteiger partial charge in [-0.05, 0) is 12.8 Å². The van der Waals surface area contributed by atoms with Gasteiger partial charge in [-0.25, -0.2) is 4.98 Å². The standard InChI is InChI=1S/C10H13N3O2S/c11-8(14)7-5-12-10(16-7)13-9(15)6-3-1-2-4-6/h5-6H,1-4H2,(H2,11,14)(H,12,13,15). The molecular formula is C10H13N3O2S. The second kappa shape index (κ2) is 4.61. The molecule has 5 nitrogen and oxygen atoms in total. The summed E-state index contributed by atoms with van der Waals surface area (Å²) in [5.74, 6) is -0.414. The molecule has 2 amide bonds. The van der Waals surface area contributed by atoms with Gasteiger partial charge in [0.15, 0.2) is 5.13 Å². The minimum absolute atomic E-state index is 0.00266. The van der Waals surface area contributed by atoms with Crippen molar-refractivity contribution in [3.8, 4) is 0 Å². The lowest BCUT2D eigenvalue weighted by atomic mass is 10.1. The maximum absolute atomic E-state index is 11.7. The Bertz CT molecular complexity index is 410. The molecule has 86 valence electrons. The molecule has 1 saturated carbocycles. The Labute approximate surface area is 97.1 Å². The summed E-state index contributed by atoms with van der Waals surface area (Å²) in [5, 5.41) is 3.17. The second-order valence-electron chi connectivity index (χ2n) is 3.86. The number of nitrogens with zero attached hydrogens (tertiary/aromatic N) is 1. The highest BCUT2D eigenvalue weighted by Crippen LogP contribution is 2.26. The summed E-state index contributed by atoms with van der Waals surface area (Å²) in [5.41, 5.74) is 5.10. The highest BCUT2D eigenvalue weighted by atomic mass is 32.1. The third-order valence-corrected chi connectivity index (χ3v) is 3.63. The van der Waals surface area contributed by atoms with Gasteiger partial charge < -0.3 is 11.1 Å². The Morgan fingerprint density at radius 1 is 1.44 bits per heavy atom. The van der Waals surface area contributed by atoms with Crippen LogP contribution in [0, 0.1) is 5.92 Å². The maximum Gasteiger partial charge on any atom is 0.260 e. The Kier molecular flexibility index (Phi) is 3.19. The molecule has 2 rings (SSSR count). The van der Waals surface area contributed by atoms with Crippen LogP contribution in [0.15, 0.2) is 6.20 Å². The Morgan fingerprint density at radius 2 is 2.12 bits per heavy atom. The van der Waals surface area contributed by atoms with Gasteiger partial charge in [-0.1, -0.05) is 24.2 Å². The van der Waals surface area contributed by atoms with E-state index in [0.29, 0.717) is 10.0 Å². The molecule has 3 N–H and O–H groups in total. The van der Waals surface area contributed by atoms with Crippen molar-refractivity contribution >= 4 is 28.3 Å². The van der Waals surface area contributed by atoms with Crippen LogP contribution in [0.1, 0.15) is 35.4 Å². The number of nitrogens with one attached hydrogen (secondary N) is 1. The molecule has 0 aliphatic heterocycles. The summed E-state index contributed by atoms with van der Waals surface area (Å²) in [7, 11) is 0. The zero-order valence-corrected chi connectivity index (χ0v) is 9.55. The van der Waals surface area contributed by atoms with E-state index in [2.05, 4.69) is 10.3 Å². The molecule has 1 fully saturated rings. The number of primary amides is 1. The number of hydrogen-bond donors (Lipinski definition) is 2. The molecule has 6 heteroatoms. The van der Waals surface area contributed by atoms with Gasteiger partial charge in [0.05, 0.1) is 6.20 Å². The van der Waals surface area contributed by atoms with Gasteiger partial charge >= 0.3 is 0 Å². The van der Waals surface area contributed by atoms with E-state index in [4.69, 9.17) is 5.73 Å². The number of rotatable bonds is 3. The lowest BCUT2D eigenvalue weighted by Crippen LogP contribution is -2.20. The summed E-state index contributed by atoms with van der Waals surface area (Å²) < 4.78 is 0. The van der Waals surface area contributed by atoms with E-state index in [1.165, 1.54) is 6.20 Å². The molecule has 0 bridgehead atoms. The van der Waals surface area contributed by atoms with Crippen molar-refractivity contribution in [2.75, 3.05) is 5.32 Å². The van der Waals surface area contributed by atoms with Crippen LogP contribution in [-0.2, 0) is 4.79 Å². The molecule has 0 aromatic carbocycles. The topological polar surface area (TPSA) is 85.1 Å². The van der Waals surface area contributed by atoms with Gasteiger partial charge in [0.25, 0.3) is 5.91 Å². The smallest absolute Gasteiger partial charge is 0.260 e. The highest BCUT2D eigenvalue weighted by molar-refractivity contribution is 7.17. The lowest BCUT2D eigenvalue weighted by Gasteiger charge is -2.07. The molecule has 0 radical (unpaired) electrons. The van der Waals surface area contributed by atoms with Crippen molar-refractivity contribution in [1.82, 2.24) is 4.98 Å². The first-order chi connectivity index (χ1) is 7.66. The zero-order valence-electron chi connectivity index (χ0n) is 8.73. The fourth-order valence-electron chi connectivity index (χ4n) is 1.84. The first kappa shape index (κ1) is 11.1. The molecular weight excluding hydrogens is 226 g/mol. The van der Waals surface area contributed by atoms with Crippen molar-refractivity contribution in [2.45, 2.75) is 25.7 Å². The van der Waals surface area contributed by atoms with Crippen LogP contribution in [-0.4, -0.2) is 16.8 Å². The average molecular weight is 239 g/mol. The first-order valence-corrected chi connectivity index (χ1v) is 6.05. The van der Waals surface area contributed by atoms with Gasteiger partial charge in [-0.15, -0.1) is 0 Å². The van der Waals surface area contributed by atoms with E-state index in [1.807, 2.05) is 0 Å². The molecule has 1 aliphatic carbocycles. The number of amides is 2. The molecule has 16 heavy (non-hydrogen) atoms. The largest absolute Gasteiger partial charge is 0.365 e. The monoisotopic (exact) mass is 239 g/mol. The van der Waals surface area contributed by atoms with Crippen LogP contribution in [0.3, 0.4) is 0 Å². The quantitative estimate of drug-likeness (QED) is 0.835. The first-order valence-electron chi connectivity index (χ1n) is 5.23. The molecule has 0 unspecified atom stereocenters. The van der Waals surface area contributed by atoms with E-state index in [-0.39, 0.29) is 11.8 Å². The number of thiazole rings is 1. The number of nitrogens with two attached hydrogens (primary N) is 1. The Hall–Kier alpha value is -1.43. The fourth-order valence-corrected chi connectivity index (χ4v) is 2.51. The highest BCUT2D eigenvalue weighted by Gasteiger charge is 2.23. The molecule has 0 spiro atoms. The van der Waals surface area contributed by atoms with Crippen LogP contribution in [0.2, 0.25) is 0 Å². The van der Waals surface area contributed by atoms with Gasteiger partial charge in [0.1, 0.15) is 4.88 Å². The third kappa shape index (κ3) is 2.38. The predicted molar refractivity (Wildman–Crippen MR) is 61.2 cm³/mol. The van der Waals surface area contributed by atoms with Gasteiger partial charge in [-0.2, -0.15) is 0 Å². The summed E-state index contributed by atoms with van der Waals surface area (Å²) in [4.78, 5) is 26.9. The van der Waals surface area contributed by atoms with E-state index in [9.17, 15) is 9.59 Å². The zero-order chi connectivity index (χ0) is 11.5. The Morgan fingerprint density at radius 3 is 2.69 bits per heavy atom. The van der Waals surface area contributed by atoms with Gasteiger partial charge in [0.2, 0.25) is 5.91 Å². The van der Waals surface area contributed by atoms with E-state index >= 15 is 0 Å². The normalized spacial score (nSPS) is 16.2. The molecule has 1 aliphatic rings. The molecule has 1 heterocycles. The van der Waals surface area contributed by atoms with E-state index in [0.717, 1.165) is 37.0 Å². The van der Waals surface area contributed by atoms with Crippen LogP contribution < -0.4 is 11.1 Å². The van der Waals surface area contributed by atoms with Crippen molar-refractivity contribution < 1.29 is 9.59 Å². The molecule has 0 saturated heterocycles. The van der Waals surface area contributed by atoms with Crippen molar-refractivity contribution in [2.24, 2.45) is 11.7 Å². The average Bonchev–Trinajstić information content (AvgIpc) is 2.87. The van der Waals surface area contributed by atoms with E-state index < -0.39 is 5.91 Å². The van der Waals surface area contributed by atoms with Gasteiger partial charge in [-0.3, -0.25) is 9.59 Å². The third-order valence-electron chi connectivity index (χ3n) is 2.70. The molecule has 1 aromatic rings. The number of anilines is 1. The van der Waals surface area contributed by atoms with Crippen LogP contribution in [0.4, 0.5) is 5.13 Å². The SMILES string of the molecule is NC(=O)c1cnc(NC(=O)C2CCCC2)s1. The fraction of sp³-hybridized carbons (Fsp3) is 0.500. The molecule has 0 atom stereocenters. The summed E-state index contributed by atoms with van der Waals surface area (Å²) in [6.07, 6.45) is 5.50. The van der Waals surface area contributed by atoms with Crippen molar-refractivity contribution in [3.63, 3.8) is 0 Å². The minimum atomic E-state index is -0.515. The van der Waals surface area contributed by atoms with Crippen LogP contribution in [0.25, 0.3) is 0 Å². The Balaban J connectivity index is 1.97. The summed E-state index contributed by atoms with van der Waals surface area (Å²) in [6.45, 7) is 0. The maximum atomic E-state index is 11.7. The number of carbonyl (C=O) groups excluding carboxylic acids is 2. The van der Waals surface area contributed by atoms with E-state index in [1.54, 1.807) is 0 Å². The minimum Gasteiger partial charge on any atom is -0.365 e. The van der Waals surface area contributed by atoms with Crippen molar-refractivity contribution in [3.05, 3.63) is 11.1 Å². The summed E-state index contributed by atoms with van der Waals surface area (Å²) in [6, 6.07) is 0. The second-order valence-corrected chi connectivity index (χ2v) is 4.90. The van der Waals surface area contributed by atoms with Crippen LogP contribution >= 0.6 is 11.3 Å². The molecule has 1 aromatic heterocycles. The number of aromatic nitrogens is 1. The summed E-state index contributed by atoms with van der Waals surface area (Å²) >= 11 is 1.11. The lowest BCUT2D eigenvalue weighted by molar-refractivity contribution is -0.119. The predicted octanol–water partition coefficient (Wildman–Crippen LogP) is 1.37.